The molecule has 1 fully saturated rings. The maximum Gasteiger partial charge on any atom is 0.326 e. The second kappa shape index (κ2) is 7.53. The van der Waals surface area contributed by atoms with Gasteiger partial charge in [-0.1, -0.05) is 0 Å². The van der Waals surface area contributed by atoms with Crippen LogP contribution in [0.25, 0.3) is 0 Å². The van der Waals surface area contributed by atoms with Crippen LogP contribution >= 0.6 is 0 Å². The third-order valence-corrected chi connectivity index (χ3v) is 6.28. The molecule has 2 aliphatic heterocycles. The van der Waals surface area contributed by atoms with Crippen LogP contribution in [0.1, 0.15) is 25.7 Å². The van der Waals surface area contributed by atoms with Gasteiger partial charge in [0, 0.05) is 19.0 Å². The third kappa shape index (κ3) is 3.92. The van der Waals surface area contributed by atoms with Crippen LogP contribution in [0.2, 0.25) is 0 Å². The molecule has 1 unspecified atom stereocenters. The van der Waals surface area contributed by atoms with Crippen molar-refractivity contribution in [3.05, 3.63) is 18.2 Å². The molecular weight excluding hydrogens is 362 g/mol. The molecule has 0 aliphatic carbocycles. The Morgan fingerprint density at radius 2 is 1.88 bits per heavy atom. The molecular formula is C17H21NO7S. The lowest BCUT2D eigenvalue weighted by atomic mass is 10.0. The molecule has 0 spiro atoms. The number of hydrogen-bond donors (Lipinski definition) is 1. The Morgan fingerprint density at radius 1 is 1.15 bits per heavy atom. The summed E-state index contributed by atoms with van der Waals surface area (Å²) in [6.07, 6.45) is 1.62. The average molecular weight is 383 g/mol. The lowest BCUT2D eigenvalue weighted by Crippen LogP contribution is -2.48. The summed E-state index contributed by atoms with van der Waals surface area (Å²) in [6.45, 7) is 1.11. The molecule has 2 heterocycles. The van der Waals surface area contributed by atoms with Crippen LogP contribution in [-0.4, -0.2) is 61.9 Å². The number of amides is 1. The minimum atomic E-state index is -3.70. The molecule has 0 saturated carbocycles. The van der Waals surface area contributed by atoms with Gasteiger partial charge in [-0.15, -0.1) is 0 Å². The highest BCUT2D eigenvalue weighted by Crippen LogP contribution is 2.32. The van der Waals surface area contributed by atoms with E-state index in [4.69, 9.17) is 9.47 Å². The minimum Gasteiger partial charge on any atom is -0.486 e. The number of ether oxygens (including phenoxy) is 2. The van der Waals surface area contributed by atoms with Gasteiger partial charge in [-0.3, -0.25) is 4.79 Å². The molecule has 2 aliphatic rings. The topological polar surface area (TPSA) is 110 Å². The van der Waals surface area contributed by atoms with E-state index in [0.717, 1.165) is 12.8 Å². The molecule has 26 heavy (non-hydrogen) atoms. The Hall–Kier alpha value is -2.29. The highest BCUT2D eigenvalue weighted by atomic mass is 32.2. The first-order valence-corrected chi connectivity index (χ1v) is 10.2. The zero-order valence-electron chi connectivity index (χ0n) is 14.2. The lowest BCUT2D eigenvalue weighted by molar-refractivity contribution is -0.151. The van der Waals surface area contributed by atoms with Gasteiger partial charge in [-0.25, -0.2) is 13.2 Å². The van der Waals surface area contributed by atoms with Gasteiger partial charge in [-0.2, -0.15) is 0 Å². The number of carboxylic acids is 1. The maximum absolute atomic E-state index is 12.5. The number of carbonyl (C=O) groups is 2. The van der Waals surface area contributed by atoms with Gasteiger partial charge in [0.2, 0.25) is 5.91 Å². The van der Waals surface area contributed by atoms with Crippen LogP contribution in [0, 0.1) is 0 Å². The summed E-state index contributed by atoms with van der Waals surface area (Å²) in [5.41, 5.74) is 0. The van der Waals surface area contributed by atoms with Crippen molar-refractivity contribution in [1.29, 1.82) is 0 Å². The summed E-state index contributed by atoms with van der Waals surface area (Å²) in [4.78, 5) is 25.0. The van der Waals surface area contributed by atoms with Gasteiger partial charge in [0.15, 0.2) is 21.3 Å². The number of likely N-dealkylation sites (tertiary alicyclic amines) is 1. The molecule has 3 rings (SSSR count). The van der Waals surface area contributed by atoms with E-state index in [9.17, 15) is 23.1 Å². The summed E-state index contributed by atoms with van der Waals surface area (Å²) in [5.74, 6) is -1.02. The minimum absolute atomic E-state index is 0.0583. The van der Waals surface area contributed by atoms with E-state index in [0.29, 0.717) is 37.7 Å². The first-order valence-electron chi connectivity index (χ1n) is 8.53. The number of sulfone groups is 1. The quantitative estimate of drug-likeness (QED) is 0.810. The SMILES string of the molecule is O=C(O)C1CCCCN1C(=O)CCS(=O)(=O)c1ccc2c(c1)OCCO2. The summed E-state index contributed by atoms with van der Waals surface area (Å²) in [6, 6.07) is 3.49. The maximum atomic E-state index is 12.5. The van der Waals surface area contributed by atoms with Crippen molar-refractivity contribution in [2.24, 2.45) is 0 Å². The Bertz CT molecular complexity index is 805. The molecule has 1 atom stereocenters. The van der Waals surface area contributed by atoms with Crippen molar-refractivity contribution in [1.82, 2.24) is 4.90 Å². The molecule has 8 nitrogen and oxygen atoms in total. The van der Waals surface area contributed by atoms with Gasteiger partial charge in [0.05, 0.1) is 10.6 Å². The van der Waals surface area contributed by atoms with Gasteiger partial charge >= 0.3 is 5.97 Å². The second-order valence-electron chi connectivity index (χ2n) is 6.31. The van der Waals surface area contributed by atoms with Gasteiger partial charge in [0.25, 0.3) is 0 Å². The normalized spacial score (nSPS) is 19.8. The van der Waals surface area contributed by atoms with Gasteiger partial charge in [-0.05, 0) is 31.4 Å². The number of nitrogens with zero attached hydrogens (tertiary/aromatic N) is 1. The summed E-state index contributed by atoms with van der Waals surface area (Å²) >= 11 is 0. The Morgan fingerprint density at radius 3 is 2.62 bits per heavy atom. The highest BCUT2D eigenvalue weighted by molar-refractivity contribution is 7.91. The van der Waals surface area contributed by atoms with E-state index >= 15 is 0 Å². The van der Waals surface area contributed by atoms with E-state index in [-0.39, 0.29) is 17.1 Å². The molecule has 0 bridgehead atoms. The first kappa shape index (κ1) is 18.5. The van der Waals surface area contributed by atoms with E-state index in [2.05, 4.69) is 0 Å². The smallest absolute Gasteiger partial charge is 0.326 e. The van der Waals surface area contributed by atoms with Crippen molar-refractivity contribution in [2.75, 3.05) is 25.5 Å². The van der Waals surface area contributed by atoms with E-state index in [1.165, 1.54) is 23.1 Å². The Balaban J connectivity index is 1.68. The number of piperidine rings is 1. The molecule has 142 valence electrons. The number of hydrogen-bond acceptors (Lipinski definition) is 6. The van der Waals surface area contributed by atoms with Crippen LogP contribution in [-0.2, 0) is 19.4 Å². The van der Waals surface area contributed by atoms with E-state index < -0.39 is 27.8 Å². The molecule has 1 N–H and O–H groups in total. The number of carbonyl (C=O) groups excluding carboxylic acids is 1. The highest BCUT2D eigenvalue weighted by Gasteiger charge is 2.32. The van der Waals surface area contributed by atoms with Crippen molar-refractivity contribution in [3.8, 4) is 11.5 Å². The molecule has 0 aromatic heterocycles. The van der Waals surface area contributed by atoms with Crippen LogP contribution in [0.4, 0.5) is 0 Å². The van der Waals surface area contributed by atoms with Crippen LogP contribution < -0.4 is 9.47 Å². The third-order valence-electron chi connectivity index (χ3n) is 4.57. The van der Waals surface area contributed by atoms with Crippen molar-refractivity contribution in [3.63, 3.8) is 0 Å². The fourth-order valence-corrected chi connectivity index (χ4v) is 4.43. The summed E-state index contributed by atoms with van der Waals surface area (Å²) < 4.78 is 35.8. The fourth-order valence-electron chi connectivity index (χ4n) is 3.19. The lowest BCUT2D eigenvalue weighted by Gasteiger charge is -2.33. The van der Waals surface area contributed by atoms with E-state index in [1.807, 2.05) is 0 Å². The van der Waals surface area contributed by atoms with E-state index in [1.54, 1.807) is 0 Å². The van der Waals surface area contributed by atoms with Gasteiger partial charge < -0.3 is 19.5 Å². The average Bonchev–Trinajstić information content (AvgIpc) is 2.65. The summed E-state index contributed by atoms with van der Waals surface area (Å²) in [5, 5.41) is 9.24. The predicted octanol–water partition coefficient (Wildman–Crippen LogP) is 1.09. The zero-order chi connectivity index (χ0) is 18.7. The second-order valence-corrected chi connectivity index (χ2v) is 8.42. The standard InChI is InChI=1S/C17H21NO7S/c19-16(18-7-2-1-3-13(18)17(20)21)6-10-26(22,23)12-4-5-14-15(11-12)25-9-8-24-14/h4-5,11,13H,1-3,6-10H2,(H,20,21). The molecule has 1 aromatic rings. The zero-order valence-corrected chi connectivity index (χ0v) is 15.0. The number of carboxylic acid groups (broad SMARTS) is 1. The van der Waals surface area contributed by atoms with Crippen molar-refractivity contribution >= 4 is 21.7 Å². The van der Waals surface area contributed by atoms with Crippen molar-refractivity contribution in [2.45, 2.75) is 36.6 Å². The largest absolute Gasteiger partial charge is 0.486 e. The number of fused-ring (bicyclic) bond motifs is 1. The number of benzene rings is 1. The van der Waals surface area contributed by atoms with Crippen LogP contribution in [0.15, 0.2) is 23.1 Å². The Labute approximate surface area is 151 Å². The van der Waals surface area contributed by atoms with Gasteiger partial charge in [0.1, 0.15) is 19.3 Å². The molecule has 1 amide bonds. The number of aliphatic carboxylic acids is 1. The fraction of sp³-hybridized carbons (Fsp3) is 0.529. The number of rotatable bonds is 5. The Kier molecular flexibility index (Phi) is 5.36. The summed E-state index contributed by atoms with van der Waals surface area (Å²) in [7, 11) is -3.70. The molecule has 0 radical (unpaired) electrons. The monoisotopic (exact) mass is 383 g/mol. The molecule has 1 aromatic carbocycles. The predicted molar refractivity (Wildman–Crippen MR) is 91.1 cm³/mol. The molecule has 1 saturated heterocycles. The van der Waals surface area contributed by atoms with Crippen LogP contribution in [0.5, 0.6) is 11.5 Å². The molecule has 9 heteroatoms. The first-order chi connectivity index (χ1) is 12.4. The van der Waals surface area contributed by atoms with Crippen LogP contribution in [0.3, 0.4) is 0 Å². The van der Waals surface area contributed by atoms with Crippen molar-refractivity contribution < 1.29 is 32.6 Å².